The van der Waals surface area contributed by atoms with E-state index in [1.807, 2.05) is 0 Å². The van der Waals surface area contributed by atoms with Crippen LogP contribution in [0.3, 0.4) is 0 Å². The maximum atomic E-state index is 6.15. The van der Waals surface area contributed by atoms with E-state index in [0.29, 0.717) is 0 Å². The number of unbranched alkanes of at least 4 members (excludes halogenated alkanes) is 4. The largest absolute Gasteiger partial charge is 0.494 e. The lowest BCUT2D eigenvalue weighted by Crippen LogP contribution is -2.20. The van der Waals surface area contributed by atoms with E-state index in [0.717, 1.165) is 48.4 Å². The number of ether oxygens (including phenoxy) is 2. The van der Waals surface area contributed by atoms with Gasteiger partial charge in [-0.05, 0) is 73.6 Å². The highest BCUT2D eigenvalue weighted by atomic mass is 16.5. The molecule has 1 aromatic rings. The van der Waals surface area contributed by atoms with Gasteiger partial charge in [-0.25, -0.2) is 0 Å². The highest BCUT2D eigenvalue weighted by molar-refractivity contribution is 5.31. The maximum absolute atomic E-state index is 6.15. The summed E-state index contributed by atoms with van der Waals surface area (Å²) in [6.07, 6.45) is 25.1. The van der Waals surface area contributed by atoms with Crippen molar-refractivity contribution in [3.8, 4) is 11.5 Å². The standard InChI is InChI=1S/C32H54O2/c1-3-5-6-7-8-13-27-17-19-28(20-18-27)26-34-32-23-21-31(22-24-32)33-25-11-16-30-15-10-9-14-29(30)12-4-2/h21-24,27-30H,3-20,25-26H2,1-2H3. The Morgan fingerprint density at radius 1 is 0.588 bits per heavy atom. The second-order valence-electron chi connectivity index (χ2n) is 11.5. The van der Waals surface area contributed by atoms with E-state index in [2.05, 4.69) is 38.1 Å². The molecule has 0 amide bonds. The molecule has 0 heterocycles. The van der Waals surface area contributed by atoms with Crippen molar-refractivity contribution < 1.29 is 9.47 Å². The van der Waals surface area contributed by atoms with Crippen molar-refractivity contribution in [2.45, 2.75) is 129 Å². The second kappa shape index (κ2) is 16.5. The molecule has 0 aromatic heterocycles. The Labute approximate surface area is 211 Å². The zero-order valence-corrected chi connectivity index (χ0v) is 22.6. The van der Waals surface area contributed by atoms with Crippen LogP contribution in [0.2, 0.25) is 0 Å². The summed E-state index contributed by atoms with van der Waals surface area (Å²) in [6.45, 7) is 6.36. The molecule has 2 unspecified atom stereocenters. The van der Waals surface area contributed by atoms with Gasteiger partial charge in [-0.2, -0.15) is 0 Å². The van der Waals surface area contributed by atoms with Gasteiger partial charge in [0.1, 0.15) is 11.5 Å². The third kappa shape index (κ3) is 10.2. The maximum Gasteiger partial charge on any atom is 0.119 e. The summed E-state index contributed by atoms with van der Waals surface area (Å²) in [5.74, 6) is 5.61. The van der Waals surface area contributed by atoms with Gasteiger partial charge in [0, 0.05) is 0 Å². The second-order valence-corrected chi connectivity index (χ2v) is 11.5. The van der Waals surface area contributed by atoms with Crippen molar-refractivity contribution in [2.75, 3.05) is 13.2 Å². The van der Waals surface area contributed by atoms with Crippen molar-refractivity contribution in [1.29, 1.82) is 0 Å². The normalized spacial score (nSPS) is 25.2. The lowest BCUT2D eigenvalue weighted by molar-refractivity contribution is 0.177. The highest BCUT2D eigenvalue weighted by Crippen LogP contribution is 2.36. The molecule has 0 N–H and O–H groups in total. The van der Waals surface area contributed by atoms with Crippen LogP contribution in [-0.4, -0.2) is 13.2 Å². The van der Waals surface area contributed by atoms with E-state index in [1.54, 1.807) is 0 Å². The summed E-state index contributed by atoms with van der Waals surface area (Å²) in [5, 5.41) is 0. The zero-order valence-electron chi connectivity index (χ0n) is 22.6. The number of hydrogen-bond acceptors (Lipinski definition) is 2. The van der Waals surface area contributed by atoms with Gasteiger partial charge < -0.3 is 9.47 Å². The highest BCUT2D eigenvalue weighted by Gasteiger charge is 2.24. The molecule has 2 aliphatic carbocycles. The van der Waals surface area contributed by atoms with E-state index in [1.165, 1.54) is 116 Å². The van der Waals surface area contributed by atoms with Gasteiger partial charge in [0.15, 0.2) is 0 Å². The Balaban J connectivity index is 1.25. The zero-order chi connectivity index (χ0) is 23.8. The summed E-state index contributed by atoms with van der Waals surface area (Å²) in [7, 11) is 0. The summed E-state index contributed by atoms with van der Waals surface area (Å²) in [4.78, 5) is 0. The molecule has 34 heavy (non-hydrogen) atoms. The quantitative estimate of drug-likeness (QED) is 0.224. The van der Waals surface area contributed by atoms with Crippen molar-refractivity contribution in [3.63, 3.8) is 0 Å². The average Bonchev–Trinajstić information content (AvgIpc) is 2.88. The molecular formula is C32H54O2. The number of rotatable bonds is 16. The molecule has 194 valence electrons. The third-order valence-corrected chi connectivity index (χ3v) is 8.71. The van der Waals surface area contributed by atoms with Crippen LogP contribution in [0.4, 0.5) is 0 Å². The Bertz CT molecular complexity index is 614. The number of hydrogen-bond donors (Lipinski definition) is 0. The van der Waals surface area contributed by atoms with E-state index >= 15 is 0 Å². The lowest BCUT2D eigenvalue weighted by Gasteiger charge is -2.31. The van der Waals surface area contributed by atoms with Crippen molar-refractivity contribution in [1.82, 2.24) is 0 Å². The van der Waals surface area contributed by atoms with E-state index in [4.69, 9.17) is 9.47 Å². The van der Waals surface area contributed by atoms with Crippen LogP contribution in [0.1, 0.15) is 129 Å². The van der Waals surface area contributed by atoms with Gasteiger partial charge in [-0.15, -0.1) is 0 Å². The molecule has 2 fully saturated rings. The Hall–Kier alpha value is -1.18. The summed E-state index contributed by atoms with van der Waals surface area (Å²) in [5.41, 5.74) is 0. The minimum Gasteiger partial charge on any atom is -0.494 e. The van der Waals surface area contributed by atoms with Crippen LogP contribution in [0.25, 0.3) is 0 Å². The molecule has 0 radical (unpaired) electrons. The molecule has 2 heteroatoms. The van der Waals surface area contributed by atoms with Crippen molar-refractivity contribution >= 4 is 0 Å². The Kier molecular flexibility index (Phi) is 13.3. The molecule has 2 atom stereocenters. The van der Waals surface area contributed by atoms with E-state index < -0.39 is 0 Å². The van der Waals surface area contributed by atoms with Crippen LogP contribution >= 0.6 is 0 Å². The number of benzene rings is 1. The Morgan fingerprint density at radius 2 is 1.21 bits per heavy atom. The van der Waals surface area contributed by atoms with Crippen LogP contribution in [0, 0.1) is 23.7 Å². The van der Waals surface area contributed by atoms with Crippen molar-refractivity contribution in [2.24, 2.45) is 23.7 Å². The van der Waals surface area contributed by atoms with E-state index in [-0.39, 0.29) is 0 Å². The smallest absolute Gasteiger partial charge is 0.119 e. The fourth-order valence-corrected chi connectivity index (χ4v) is 6.52. The molecule has 0 aliphatic heterocycles. The first kappa shape index (κ1) is 27.4. The molecule has 0 saturated heterocycles. The minimum absolute atomic E-state index is 0.739. The molecule has 0 bridgehead atoms. The third-order valence-electron chi connectivity index (χ3n) is 8.71. The molecule has 3 rings (SSSR count). The van der Waals surface area contributed by atoms with Gasteiger partial charge in [-0.1, -0.05) is 104 Å². The fraction of sp³-hybridized carbons (Fsp3) is 0.812. The summed E-state index contributed by atoms with van der Waals surface area (Å²) < 4.78 is 12.2. The van der Waals surface area contributed by atoms with Crippen LogP contribution < -0.4 is 9.47 Å². The predicted molar refractivity (Wildman–Crippen MR) is 146 cm³/mol. The van der Waals surface area contributed by atoms with E-state index in [9.17, 15) is 0 Å². The van der Waals surface area contributed by atoms with Crippen molar-refractivity contribution in [3.05, 3.63) is 24.3 Å². The topological polar surface area (TPSA) is 18.5 Å². The summed E-state index contributed by atoms with van der Waals surface area (Å²) >= 11 is 0. The van der Waals surface area contributed by atoms with Gasteiger partial charge in [-0.3, -0.25) is 0 Å². The molecule has 2 nitrogen and oxygen atoms in total. The van der Waals surface area contributed by atoms with Gasteiger partial charge in [0.25, 0.3) is 0 Å². The average molecular weight is 471 g/mol. The molecule has 0 spiro atoms. The fourth-order valence-electron chi connectivity index (χ4n) is 6.52. The molecule has 1 aromatic carbocycles. The van der Waals surface area contributed by atoms with Crippen LogP contribution in [-0.2, 0) is 0 Å². The van der Waals surface area contributed by atoms with Gasteiger partial charge in [0.05, 0.1) is 13.2 Å². The SMILES string of the molecule is CCCCCCCC1CCC(COc2ccc(OCCCC3CCCCC3CCC)cc2)CC1. The van der Waals surface area contributed by atoms with Crippen LogP contribution in [0.5, 0.6) is 11.5 Å². The monoisotopic (exact) mass is 470 g/mol. The van der Waals surface area contributed by atoms with Crippen LogP contribution in [0.15, 0.2) is 24.3 Å². The van der Waals surface area contributed by atoms with Gasteiger partial charge >= 0.3 is 0 Å². The first-order valence-electron chi connectivity index (χ1n) is 15.1. The predicted octanol–water partition coefficient (Wildman–Crippen LogP) is 10.00. The molecule has 2 aliphatic rings. The molecular weight excluding hydrogens is 416 g/mol. The van der Waals surface area contributed by atoms with Gasteiger partial charge in [0.2, 0.25) is 0 Å². The first-order valence-corrected chi connectivity index (χ1v) is 15.1. The molecule has 2 saturated carbocycles. The summed E-state index contributed by atoms with van der Waals surface area (Å²) in [6, 6.07) is 8.36. The Morgan fingerprint density at radius 3 is 1.88 bits per heavy atom. The first-order chi connectivity index (χ1) is 16.8. The lowest BCUT2D eigenvalue weighted by atomic mass is 9.75. The minimum atomic E-state index is 0.739.